The summed E-state index contributed by atoms with van der Waals surface area (Å²) < 4.78 is 17.9. The number of pyridine rings is 2. The zero-order chi connectivity index (χ0) is 40.4. The Morgan fingerprint density at radius 1 is 0.727 bits per heavy atom. The minimum atomic E-state index is -0.562. The quantitative estimate of drug-likeness (QED) is 0.109. The normalized spacial score (nSPS) is 11.9. The van der Waals surface area contributed by atoms with Gasteiger partial charge in [-0.05, 0) is 99.6 Å². The van der Waals surface area contributed by atoms with Gasteiger partial charge in [-0.1, -0.05) is 31.9 Å². The summed E-state index contributed by atoms with van der Waals surface area (Å²) in [7, 11) is 0. The number of fused-ring (bicyclic) bond motifs is 6. The minimum absolute atomic E-state index is 0.310. The summed E-state index contributed by atoms with van der Waals surface area (Å²) in [4.78, 5) is 42.3. The summed E-state index contributed by atoms with van der Waals surface area (Å²) in [5.41, 5.74) is 3.79. The van der Waals surface area contributed by atoms with Crippen molar-refractivity contribution in [1.29, 1.82) is 0 Å². The highest BCUT2D eigenvalue weighted by Gasteiger charge is 2.26. The highest BCUT2D eigenvalue weighted by molar-refractivity contribution is 9.10. The molecule has 4 aromatic heterocycles. The summed E-state index contributed by atoms with van der Waals surface area (Å²) in [5, 5.41) is 14.3. The predicted molar refractivity (Wildman–Crippen MR) is 223 cm³/mol. The van der Waals surface area contributed by atoms with Crippen molar-refractivity contribution in [3.8, 4) is 0 Å². The maximum atomic E-state index is 12.5. The molecule has 4 heterocycles. The van der Waals surface area contributed by atoms with E-state index >= 15 is 0 Å². The first kappa shape index (κ1) is 41.7. The number of carbonyl (C=O) groups excluding carboxylic acids is 2. The number of hydrogen-bond donors (Lipinski definition) is 0. The van der Waals surface area contributed by atoms with E-state index in [2.05, 4.69) is 64.0 Å². The van der Waals surface area contributed by atoms with Crippen LogP contribution < -0.4 is 4.73 Å². The lowest BCUT2D eigenvalue weighted by Crippen LogP contribution is -2.37. The van der Waals surface area contributed by atoms with Gasteiger partial charge in [0, 0.05) is 46.6 Å². The molecule has 13 nitrogen and oxygen atoms in total. The number of aryl methyl sites for hydroxylation is 2. The Morgan fingerprint density at radius 2 is 1.20 bits per heavy atom. The Morgan fingerprint density at radius 3 is 1.69 bits per heavy atom. The third-order valence-electron chi connectivity index (χ3n) is 8.74. The van der Waals surface area contributed by atoms with Crippen LogP contribution in [0.2, 0.25) is 0 Å². The van der Waals surface area contributed by atoms with Crippen LogP contribution in [-0.4, -0.2) is 70.4 Å². The van der Waals surface area contributed by atoms with Gasteiger partial charge in [0.05, 0.1) is 41.2 Å². The molecule has 0 saturated carbocycles. The van der Waals surface area contributed by atoms with Crippen molar-refractivity contribution in [1.82, 2.24) is 33.9 Å². The van der Waals surface area contributed by atoms with Crippen LogP contribution in [0, 0.1) is 5.21 Å². The lowest BCUT2D eigenvalue weighted by molar-refractivity contribution is -0.575. The number of rotatable bonds is 8. The molecular weight excluding hydrogens is 832 g/mol. The van der Waals surface area contributed by atoms with Crippen molar-refractivity contribution < 1.29 is 23.8 Å². The molecule has 0 bridgehead atoms. The van der Waals surface area contributed by atoms with Crippen molar-refractivity contribution in [2.75, 3.05) is 13.1 Å². The summed E-state index contributed by atoms with van der Waals surface area (Å²) in [6.07, 6.45) is 2.58. The average Bonchev–Trinajstić information content (AvgIpc) is 3.64. The molecule has 0 aliphatic rings. The molecular formula is C40H50Br2N8O5. The zero-order valence-corrected chi connectivity index (χ0v) is 36.4. The average molecular weight is 883 g/mol. The van der Waals surface area contributed by atoms with Gasteiger partial charge in [-0.25, -0.2) is 19.6 Å². The SMILES string of the molecule is CCN(Cc1nc2c[n+]([O-])c3cc(Br)ccc3c2n1CC)C(=O)OC(C)(C)C.CCN(Cc1nc2cnc3cc(Br)ccc3c2n1CC)C(=O)OC(C)(C)C. The number of carbonyl (C=O) groups is 2. The van der Waals surface area contributed by atoms with Gasteiger partial charge in [-0.15, -0.1) is 0 Å². The van der Waals surface area contributed by atoms with Gasteiger partial charge in [0.2, 0.25) is 11.7 Å². The van der Waals surface area contributed by atoms with E-state index in [1.165, 1.54) is 6.20 Å². The molecule has 55 heavy (non-hydrogen) atoms. The van der Waals surface area contributed by atoms with E-state index in [1.54, 1.807) is 22.1 Å². The predicted octanol–water partition coefficient (Wildman–Crippen LogP) is 9.49. The fourth-order valence-corrected chi connectivity index (χ4v) is 7.02. The van der Waals surface area contributed by atoms with Crippen molar-refractivity contribution >= 4 is 87.9 Å². The molecule has 2 aromatic carbocycles. The molecule has 6 aromatic rings. The number of benzene rings is 2. The number of amides is 2. The molecule has 294 valence electrons. The third-order valence-corrected chi connectivity index (χ3v) is 9.73. The topological polar surface area (TPSA) is 135 Å². The number of ether oxygens (including phenoxy) is 2. The summed E-state index contributed by atoms with van der Waals surface area (Å²) in [5.74, 6) is 1.55. The molecule has 0 N–H and O–H groups in total. The maximum Gasteiger partial charge on any atom is 0.410 e. The third kappa shape index (κ3) is 9.49. The highest BCUT2D eigenvalue weighted by Crippen LogP contribution is 2.29. The Hall–Kier alpha value is -4.50. The summed E-state index contributed by atoms with van der Waals surface area (Å²) in [6, 6.07) is 11.7. The Labute approximate surface area is 338 Å². The van der Waals surface area contributed by atoms with Crippen LogP contribution >= 0.6 is 31.9 Å². The summed E-state index contributed by atoms with van der Waals surface area (Å²) >= 11 is 6.92. The fraction of sp³-hybridized carbons (Fsp3) is 0.450. The Kier molecular flexibility index (Phi) is 12.6. The molecule has 2 amide bonds. The molecule has 0 aliphatic carbocycles. The van der Waals surface area contributed by atoms with Crippen molar-refractivity contribution in [2.45, 2.75) is 107 Å². The Bertz CT molecular complexity index is 2360. The van der Waals surface area contributed by atoms with Gasteiger partial charge < -0.3 is 33.6 Å². The van der Waals surface area contributed by atoms with E-state index in [9.17, 15) is 14.8 Å². The lowest BCUT2D eigenvalue weighted by atomic mass is 10.2. The number of imidazole rings is 2. The van der Waals surface area contributed by atoms with Gasteiger partial charge >= 0.3 is 12.2 Å². The van der Waals surface area contributed by atoms with Crippen LogP contribution in [0.15, 0.2) is 57.7 Å². The molecule has 0 fully saturated rings. The smallest absolute Gasteiger partial charge is 0.410 e. The molecule has 0 atom stereocenters. The molecule has 0 spiro atoms. The first-order chi connectivity index (χ1) is 25.9. The van der Waals surface area contributed by atoms with E-state index in [0.717, 1.165) is 64.7 Å². The van der Waals surface area contributed by atoms with Crippen molar-refractivity contribution in [2.24, 2.45) is 0 Å². The number of halogens is 2. The molecule has 0 radical (unpaired) electrons. The van der Waals surface area contributed by atoms with Crippen LogP contribution in [-0.2, 0) is 35.7 Å². The van der Waals surface area contributed by atoms with Crippen molar-refractivity contribution in [3.05, 3.63) is 74.6 Å². The fourth-order valence-electron chi connectivity index (χ4n) is 6.32. The zero-order valence-electron chi connectivity index (χ0n) is 33.2. The van der Waals surface area contributed by atoms with Crippen LogP contribution in [0.1, 0.15) is 80.9 Å². The second-order valence-corrected chi connectivity index (χ2v) is 16.9. The summed E-state index contributed by atoms with van der Waals surface area (Å²) in [6.45, 7) is 22.3. The number of hydrogen-bond acceptors (Lipinski definition) is 8. The van der Waals surface area contributed by atoms with Gasteiger partial charge in [0.25, 0.3) is 0 Å². The van der Waals surface area contributed by atoms with E-state index in [0.29, 0.717) is 43.8 Å². The second kappa shape index (κ2) is 16.7. The van der Waals surface area contributed by atoms with Gasteiger partial charge in [0.15, 0.2) is 5.52 Å². The van der Waals surface area contributed by atoms with Gasteiger partial charge in [0.1, 0.15) is 28.4 Å². The first-order valence-corrected chi connectivity index (χ1v) is 20.1. The van der Waals surface area contributed by atoms with E-state index in [4.69, 9.17) is 14.5 Å². The molecule has 0 unspecified atom stereocenters. The van der Waals surface area contributed by atoms with Gasteiger partial charge in [-0.3, -0.25) is 4.98 Å². The molecule has 0 saturated heterocycles. The minimum Gasteiger partial charge on any atom is -0.618 e. The second-order valence-electron chi connectivity index (χ2n) is 15.0. The van der Waals surface area contributed by atoms with E-state index < -0.39 is 11.2 Å². The van der Waals surface area contributed by atoms with Gasteiger partial charge in [-0.2, -0.15) is 4.73 Å². The van der Waals surface area contributed by atoms with Crippen LogP contribution in [0.25, 0.3) is 43.9 Å². The lowest BCUT2D eigenvalue weighted by Gasteiger charge is -2.26. The van der Waals surface area contributed by atoms with Crippen LogP contribution in [0.4, 0.5) is 9.59 Å². The number of nitrogens with zero attached hydrogens (tertiary/aromatic N) is 8. The number of aromatic nitrogens is 6. The monoisotopic (exact) mass is 880 g/mol. The molecule has 6 rings (SSSR count). The molecule has 0 aliphatic heterocycles. The maximum absolute atomic E-state index is 12.5. The standard InChI is InChI=1S/C20H25BrN4O3.C20H25BrN4O2/c1-6-23(19(26)28-20(3,4)5)12-17-22-15-11-25(27)16-10-13(21)8-9-14(16)18(15)24(17)7-2;1-6-24(19(26)27-20(3,4)5)12-17-23-16-11-22-15-10-13(21)8-9-14(15)18(16)25(17)7-2/h8-11H,6-7,12H2,1-5H3;8-11H,6-7,12H2,1-5H3. The molecule has 15 heteroatoms. The van der Waals surface area contributed by atoms with Crippen molar-refractivity contribution in [3.63, 3.8) is 0 Å². The van der Waals surface area contributed by atoms with E-state index in [1.807, 2.05) is 86.6 Å². The Balaban J connectivity index is 0.000000211. The first-order valence-electron chi connectivity index (χ1n) is 18.5. The largest absolute Gasteiger partial charge is 0.618 e. The van der Waals surface area contributed by atoms with Crippen LogP contribution in [0.5, 0.6) is 0 Å². The van der Waals surface area contributed by atoms with E-state index in [-0.39, 0.29) is 12.2 Å². The highest BCUT2D eigenvalue weighted by atomic mass is 79.9. The van der Waals surface area contributed by atoms with Crippen LogP contribution in [0.3, 0.4) is 0 Å².